The van der Waals surface area contributed by atoms with E-state index in [1.54, 1.807) is 0 Å². The van der Waals surface area contributed by atoms with Gasteiger partial charge in [0.05, 0.1) is 11.3 Å². The third-order valence-electron chi connectivity index (χ3n) is 3.31. The van der Waals surface area contributed by atoms with Gasteiger partial charge in [-0.2, -0.15) is 5.26 Å². The standard InChI is InChI=1S/C14H19N3/c1-10-3-4-14(12(5-10)7-15)17-8-11(2)6-13(16)9-17/h3-5,11,13H,6,8-9,16H2,1-2H3. The number of nitrogens with two attached hydrogens (primary N) is 1. The predicted octanol–water partition coefficient (Wildman–Crippen LogP) is 2.04. The minimum absolute atomic E-state index is 0.214. The molecule has 0 aliphatic carbocycles. The molecule has 0 spiro atoms. The molecule has 0 bridgehead atoms. The zero-order valence-corrected chi connectivity index (χ0v) is 10.5. The van der Waals surface area contributed by atoms with Crippen molar-refractivity contribution < 1.29 is 0 Å². The van der Waals surface area contributed by atoms with Crippen molar-refractivity contribution in [3.05, 3.63) is 29.3 Å². The van der Waals surface area contributed by atoms with Crippen molar-refractivity contribution in [3.8, 4) is 6.07 Å². The summed E-state index contributed by atoms with van der Waals surface area (Å²) in [5, 5.41) is 9.20. The minimum Gasteiger partial charge on any atom is -0.369 e. The highest BCUT2D eigenvalue weighted by Gasteiger charge is 2.23. The van der Waals surface area contributed by atoms with Crippen LogP contribution in [-0.4, -0.2) is 19.1 Å². The summed E-state index contributed by atoms with van der Waals surface area (Å²) < 4.78 is 0. The minimum atomic E-state index is 0.214. The van der Waals surface area contributed by atoms with Gasteiger partial charge in [-0.05, 0) is 37.0 Å². The van der Waals surface area contributed by atoms with Gasteiger partial charge < -0.3 is 10.6 Å². The maximum atomic E-state index is 9.20. The molecule has 3 nitrogen and oxygen atoms in total. The fourth-order valence-electron chi connectivity index (χ4n) is 2.61. The normalized spacial score (nSPS) is 24.5. The van der Waals surface area contributed by atoms with Crippen molar-refractivity contribution in [3.63, 3.8) is 0 Å². The maximum Gasteiger partial charge on any atom is 0.101 e. The molecule has 0 aromatic heterocycles. The third-order valence-corrected chi connectivity index (χ3v) is 3.31. The van der Waals surface area contributed by atoms with Crippen LogP contribution >= 0.6 is 0 Å². The van der Waals surface area contributed by atoms with Gasteiger partial charge in [-0.1, -0.05) is 13.0 Å². The smallest absolute Gasteiger partial charge is 0.101 e. The van der Waals surface area contributed by atoms with Gasteiger partial charge >= 0.3 is 0 Å². The Balaban J connectivity index is 2.30. The first-order valence-electron chi connectivity index (χ1n) is 6.11. The lowest BCUT2D eigenvalue weighted by atomic mass is 9.95. The fraction of sp³-hybridized carbons (Fsp3) is 0.500. The highest BCUT2D eigenvalue weighted by molar-refractivity contribution is 5.60. The molecule has 1 aliphatic heterocycles. The van der Waals surface area contributed by atoms with Crippen LogP contribution in [0.15, 0.2) is 18.2 Å². The molecule has 90 valence electrons. The average molecular weight is 229 g/mol. The first-order chi connectivity index (χ1) is 8.10. The SMILES string of the molecule is Cc1ccc(N2CC(C)CC(N)C2)c(C#N)c1. The number of benzene rings is 1. The predicted molar refractivity (Wildman–Crippen MR) is 69.9 cm³/mol. The molecule has 2 atom stereocenters. The van der Waals surface area contributed by atoms with E-state index in [4.69, 9.17) is 5.73 Å². The van der Waals surface area contributed by atoms with Crippen LogP contribution in [0.25, 0.3) is 0 Å². The molecule has 3 heteroatoms. The molecule has 0 amide bonds. The van der Waals surface area contributed by atoms with Crippen LogP contribution in [0, 0.1) is 24.2 Å². The summed E-state index contributed by atoms with van der Waals surface area (Å²) in [4.78, 5) is 2.25. The number of rotatable bonds is 1. The molecular formula is C14H19N3. The second-order valence-corrected chi connectivity index (χ2v) is 5.14. The first-order valence-corrected chi connectivity index (χ1v) is 6.11. The Morgan fingerprint density at radius 1 is 1.41 bits per heavy atom. The number of nitriles is 1. The molecule has 17 heavy (non-hydrogen) atoms. The monoisotopic (exact) mass is 229 g/mol. The quantitative estimate of drug-likeness (QED) is 0.801. The van der Waals surface area contributed by atoms with E-state index < -0.39 is 0 Å². The lowest BCUT2D eigenvalue weighted by Gasteiger charge is -2.36. The van der Waals surface area contributed by atoms with Crippen LogP contribution in [0.5, 0.6) is 0 Å². The van der Waals surface area contributed by atoms with Crippen LogP contribution in [0.2, 0.25) is 0 Å². The summed E-state index contributed by atoms with van der Waals surface area (Å²) in [6.07, 6.45) is 1.07. The molecule has 1 aromatic carbocycles. The number of aryl methyl sites for hydroxylation is 1. The van der Waals surface area contributed by atoms with Gasteiger partial charge in [-0.25, -0.2) is 0 Å². The molecule has 2 unspecified atom stereocenters. The molecule has 2 rings (SSSR count). The van der Waals surface area contributed by atoms with E-state index >= 15 is 0 Å². The summed E-state index contributed by atoms with van der Waals surface area (Å²) in [5.41, 5.74) is 8.96. The van der Waals surface area contributed by atoms with Crippen LogP contribution < -0.4 is 10.6 Å². The number of piperidine rings is 1. The van der Waals surface area contributed by atoms with Crippen molar-refractivity contribution in [1.29, 1.82) is 5.26 Å². The summed E-state index contributed by atoms with van der Waals surface area (Å²) in [6.45, 7) is 6.06. The van der Waals surface area contributed by atoms with E-state index in [2.05, 4.69) is 24.0 Å². The van der Waals surface area contributed by atoms with Crippen molar-refractivity contribution in [2.75, 3.05) is 18.0 Å². The topological polar surface area (TPSA) is 53.0 Å². The lowest BCUT2D eigenvalue weighted by Crippen LogP contribution is -2.46. The zero-order valence-electron chi connectivity index (χ0n) is 10.5. The Hall–Kier alpha value is -1.53. The Bertz CT molecular complexity index is 437. The largest absolute Gasteiger partial charge is 0.369 e. The number of anilines is 1. The molecule has 2 N–H and O–H groups in total. The van der Waals surface area contributed by atoms with Crippen molar-refractivity contribution in [1.82, 2.24) is 0 Å². The first kappa shape index (κ1) is 11.9. The molecule has 0 saturated carbocycles. The fourth-order valence-corrected chi connectivity index (χ4v) is 2.61. The van der Waals surface area contributed by atoms with E-state index in [9.17, 15) is 5.26 Å². The summed E-state index contributed by atoms with van der Waals surface area (Å²) in [7, 11) is 0. The van der Waals surface area contributed by atoms with E-state index in [0.29, 0.717) is 5.92 Å². The van der Waals surface area contributed by atoms with Crippen molar-refractivity contribution in [2.24, 2.45) is 11.7 Å². The highest BCUT2D eigenvalue weighted by Crippen LogP contribution is 2.26. The zero-order chi connectivity index (χ0) is 12.4. The molecule has 1 fully saturated rings. The van der Waals surface area contributed by atoms with Gasteiger partial charge in [-0.15, -0.1) is 0 Å². The van der Waals surface area contributed by atoms with Gasteiger partial charge in [0.1, 0.15) is 6.07 Å². The Kier molecular flexibility index (Phi) is 3.35. The van der Waals surface area contributed by atoms with Gasteiger partial charge in [0.25, 0.3) is 0 Å². The Morgan fingerprint density at radius 2 is 2.18 bits per heavy atom. The molecule has 0 radical (unpaired) electrons. The van der Waals surface area contributed by atoms with Gasteiger partial charge in [0.15, 0.2) is 0 Å². The van der Waals surface area contributed by atoms with Crippen LogP contribution in [0.4, 0.5) is 5.69 Å². The number of nitrogens with zero attached hydrogens (tertiary/aromatic N) is 2. The van der Waals surface area contributed by atoms with Crippen molar-refractivity contribution in [2.45, 2.75) is 26.3 Å². The third kappa shape index (κ3) is 2.59. The van der Waals surface area contributed by atoms with E-state index in [0.717, 1.165) is 36.3 Å². The Labute approximate surface area is 103 Å². The van der Waals surface area contributed by atoms with Crippen LogP contribution in [-0.2, 0) is 0 Å². The second kappa shape index (κ2) is 4.77. The van der Waals surface area contributed by atoms with Crippen LogP contribution in [0.3, 0.4) is 0 Å². The van der Waals surface area contributed by atoms with Gasteiger partial charge in [0, 0.05) is 19.1 Å². The Morgan fingerprint density at radius 3 is 2.82 bits per heavy atom. The molecule has 1 aliphatic rings. The molecule has 1 saturated heterocycles. The van der Waals surface area contributed by atoms with E-state index in [1.807, 2.05) is 19.1 Å². The summed E-state index contributed by atoms with van der Waals surface area (Å²) in [5.74, 6) is 0.589. The lowest BCUT2D eigenvalue weighted by molar-refractivity contribution is 0.401. The number of hydrogen-bond donors (Lipinski definition) is 1. The van der Waals surface area contributed by atoms with E-state index in [-0.39, 0.29) is 6.04 Å². The highest BCUT2D eigenvalue weighted by atomic mass is 15.2. The second-order valence-electron chi connectivity index (χ2n) is 5.14. The molecule has 1 heterocycles. The average Bonchev–Trinajstić information content (AvgIpc) is 2.27. The van der Waals surface area contributed by atoms with Gasteiger partial charge in [-0.3, -0.25) is 0 Å². The van der Waals surface area contributed by atoms with E-state index in [1.165, 1.54) is 0 Å². The maximum absolute atomic E-state index is 9.20. The molecule has 1 aromatic rings. The summed E-state index contributed by atoms with van der Waals surface area (Å²) in [6, 6.07) is 8.54. The molecular weight excluding hydrogens is 210 g/mol. The van der Waals surface area contributed by atoms with Gasteiger partial charge in [0.2, 0.25) is 0 Å². The number of hydrogen-bond acceptors (Lipinski definition) is 3. The summed E-state index contributed by atoms with van der Waals surface area (Å²) >= 11 is 0. The van der Waals surface area contributed by atoms with Crippen molar-refractivity contribution >= 4 is 5.69 Å². The van der Waals surface area contributed by atoms with Crippen LogP contribution in [0.1, 0.15) is 24.5 Å².